The predicted molar refractivity (Wildman–Crippen MR) is 67.7 cm³/mol. The first-order valence-corrected chi connectivity index (χ1v) is 5.89. The van der Waals surface area contributed by atoms with Gasteiger partial charge in [-0.25, -0.2) is 0 Å². The zero-order valence-electron chi connectivity index (χ0n) is 9.13. The zero-order chi connectivity index (χ0) is 12.4. The Morgan fingerprint density at radius 1 is 1.41 bits per heavy atom. The van der Waals surface area contributed by atoms with Crippen LogP contribution in [0.4, 0.5) is 5.69 Å². The number of hydrogen-bond donors (Lipinski definition) is 0. The van der Waals surface area contributed by atoms with Crippen LogP contribution < -0.4 is 0 Å². The van der Waals surface area contributed by atoms with Crippen LogP contribution in [0.3, 0.4) is 0 Å². The van der Waals surface area contributed by atoms with Crippen LogP contribution in [-0.2, 0) is 6.54 Å². The van der Waals surface area contributed by atoms with Gasteiger partial charge in [-0.05, 0) is 35.0 Å². The van der Waals surface area contributed by atoms with E-state index in [1.54, 1.807) is 18.3 Å². The van der Waals surface area contributed by atoms with Gasteiger partial charge in [-0.15, -0.1) is 0 Å². The molecule has 0 aliphatic rings. The highest BCUT2D eigenvalue weighted by molar-refractivity contribution is 9.10. The molecule has 17 heavy (non-hydrogen) atoms. The van der Waals surface area contributed by atoms with Gasteiger partial charge in [0.25, 0.3) is 5.69 Å². The summed E-state index contributed by atoms with van der Waals surface area (Å²) in [5.74, 6) is 0. The molecular formula is C11H10BrN3O2. The van der Waals surface area contributed by atoms with Crippen LogP contribution in [0.2, 0.25) is 0 Å². The van der Waals surface area contributed by atoms with Gasteiger partial charge < -0.3 is 0 Å². The highest BCUT2D eigenvalue weighted by atomic mass is 79.9. The van der Waals surface area contributed by atoms with E-state index in [1.165, 1.54) is 12.1 Å². The van der Waals surface area contributed by atoms with Crippen molar-refractivity contribution in [3.05, 3.63) is 45.0 Å². The minimum atomic E-state index is -0.407. The molecule has 0 bridgehead atoms. The number of nitro benzene ring substituents is 1. The van der Waals surface area contributed by atoms with Gasteiger partial charge in [0, 0.05) is 24.2 Å². The second-order valence-electron chi connectivity index (χ2n) is 3.46. The molecule has 0 saturated heterocycles. The van der Waals surface area contributed by atoms with Gasteiger partial charge in [0.05, 0.1) is 21.3 Å². The second-order valence-corrected chi connectivity index (χ2v) is 4.32. The van der Waals surface area contributed by atoms with E-state index in [9.17, 15) is 10.1 Å². The Morgan fingerprint density at radius 2 is 2.06 bits per heavy atom. The molecule has 6 heteroatoms. The van der Waals surface area contributed by atoms with Crippen molar-refractivity contribution >= 4 is 21.6 Å². The van der Waals surface area contributed by atoms with E-state index in [0.29, 0.717) is 0 Å². The number of aromatic nitrogens is 2. The molecular weight excluding hydrogens is 286 g/mol. The van der Waals surface area contributed by atoms with Crippen LogP contribution >= 0.6 is 15.9 Å². The van der Waals surface area contributed by atoms with Gasteiger partial charge in [-0.2, -0.15) is 5.10 Å². The lowest BCUT2D eigenvalue weighted by molar-refractivity contribution is -0.384. The van der Waals surface area contributed by atoms with E-state index in [1.807, 2.05) is 11.6 Å². The number of aryl methyl sites for hydroxylation is 1. The van der Waals surface area contributed by atoms with Gasteiger partial charge in [-0.1, -0.05) is 0 Å². The second kappa shape index (κ2) is 4.67. The Hall–Kier alpha value is -1.69. The number of hydrogen-bond acceptors (Lipinski definition) is 3. The van der Waals surface area contributed by atoms with Gasteiger partial charge in [-0.3, -0.25) is 14.8 Å². The molecule has 1 aromatic carbocycles. The topological polar surface area (TPSA) is 61.0 Å². The Morgan fingerprint density at radius 3 is 2.59 bits per heavy atom. The van der Waals surface area contributed by atoms with Crippen LogP contribution in [0.25, 0.3) is 11.3 Å². The monoisotopic (exact) mass is 295 g/mol. The zero-order valence-corrected chi connectivity index (χ0v) is 10.7. The number of rotatable bonds is 3. The van der Waals surface area contributed by atoms with Crippen LogP contribution in [-0.4, -0.2) is 14.7 Å². The Labute approximate surface area is 106 Å². The summed E-state index contributed by atoms with van der Waals surface area (Å²) in [6.45, 7) is 2.74. The first kappa shape index (κ1) is 11.8. The summed E-state index contributed by atoms with van der Waals surface area (Å²) in [5.41, 5.74) is 1.93. The van der Waals surface area contributed by atoms with Crippen molar-refractivity contribution in [2.45, 2.75) is 13.5 Å². The molecule has 88 valence electrons. The first-order chi connectivity index (χ1) is 8.13. The molecule has 0 unspecified atom stereocenters. The van der Waals surface area contributed by atoms with Crippen LogP contribution in [0.15, 0.2) is 34.9 Å². The molecule has 0 fully saturated rings. The van der Waals surface area contributed by atoms with E-state index in [4.69, 9.17) is 0 Å². The molecule has 0 radical (unpaired) electrons. The third kappa shape index (κ3) is 2.21. The highest BCUT2D eigenvalue weighted by Gasteiger charge is 2.11. The van der Waals surface area contributed by atoms with Crippen LogP contribution in [0.5, 0.6) is 0 Å². The lowest BCUT2D eigenvalue weighted by Gasteiger charge is -2.05. The number of halogens is 1. The smallest absolute Gasteiger partial charge is 0.264 e. The maximum Gasteiger partial charge on any atom is 0.269 e. The van der Waals surface area contributed by atoms with Crippen molar-refractivity contribution in [2.24, 2.45) is 0 Å². The SMILES string of the molecule is CCn1ncc(Br)c1-c1ccc([N+](=O)[O-])cc1. The van der Waals surface area contributed by atoms with Gasteiger partial charge in [0.15, 0.2) is 0 Å². The summed E-state index contributed by atoms with van der Waals surface area (Å²) in [7, 11) is 0. The predicted octanol–water partition coefficient (Wildman–Crippen LogP) is 3.24. The third-order valence-corrected chi connectivity index (χ3v) is 3.03. The molecule has 5 nitrogen and oxygen atoms in total. The molecule has 0 aliphatic heterocycles. The molecule has 1 aromatic heterocycles. The molecule has 2 rings (SSSR count). The summed E-state index contributed by atoms with van der Waals surface area (Å²) in [5, 5.41) is 14.8. The van der Waals surface area contributed by atoms with Crippen LogP contribution in [0, 0.1) is 10.1 Å². The molecule has 0 saturated carbocycles. The molecule has 0 N–H and O–H groups in total. The van der Waals surface area contributed by atoms with E-state index in [2.05, 4.69) is 21.0 Å². The fourth-order valence-electron chi connectivity index (χ4n) is 1.63. The van der Waals surface area contributed by atoms with Gasteiger partial charge >= 0.3 is 0 Å². The first-order valence-electron chi connectivity index (χ1n) is 5.09. The minimum absolute atomic E-state index is 0.0902. The molecule has 0 spiro atoms. The van der Waals surface area contributed by atoms with Crippen LogP contribution in [0.1, 0.15) is 6.92 Å². The van der Waals surface area contributed by atoms with Crippen molar-refractivity contribution < 1.29 is 4.92 Å². The summed E-state index contributed by atoms with van der Waals surface area (Å²) in [6, 6.07) is 6.45. The lowest BCUT2D eigenvalue weighted by atomic mass is 10.1. The van der Waals surface area contributed by atoms with Crippen molar-refractivity contribution in [3.8, 4) is 11.3 Å². The molecule has 0 aliphatic carbocycles. The number of nitro groups is 1. The largest absolute Gasteiger partial charge is 0.269 e. The quantitative estimate of drug-likeness (QED) is 0.645. The maximum atomic E-state index is 10.6. The van der Waals surface area contributed by atoms with Crippen molar-refractivity contribution in [1.82, 2.24) is 9.78 Å². The summed E-state index contributed by atoms with van der Waals surface area (Å²) in [6.07, 6.45) is 1.72. The fourth-order valence-corrected chi connectivity index (χ4v) is 2.16. The Bertz CT molecular complexity index is 548. The normalized spacial score (nSPS) is 10.5. The van der Waals surface area contributed by atoms with E-state index in [-0.39, 0.29) is 5.69 Å². The molecule has 1 heterocycles. The van der Waals surface area contributed by atoms with E-state index >= 15 is 0 Å². The van der Waals surface area contributed by atoms with E-state index in [0.717, 1.165) is 22.3 Å². The van der Waals surface area contributed by atoms with Crippen molar-refractivity contribution in [2.75, 3.05) is 0 Å². The number of non-ortho nitro benzene ring substituents is 1. The maximum absolute atomic E-state index is 10.6. The minimum Gasteiger partial charge on any atom is -0.264 e. The number of benzene rings is 1. The Balaban J connectivity index is 2.46. The Kier molecular flexibility index (Phi) is 3.23. The van der Waals surface area contributed by atoms with Gasteiger partial charge in [0.2, 0.25) is 0 Å². The van der Waals surface area contributed by atoms with Crippen molar-refractivity contribution in [3.63, 3.8) is 0 Å². The standard InChI is InChI=1S/C11H10BrN3O2/c1-2-14-11(10(12)7-13-14)8-3-5-9(6-4-8)15(16)17/h3-7H,2H2,1H3. The number of nitrogens with zero attached hydrogens (tertiary/aromatic N) is 3. The molecule has 0 atom stereocenters. The lowest BCUT2D eigenvalue weighted by Crippen LogP contribution is -1.99. The summed E-state index contributed by atoms with van der Waals surface area (Å²) in [4.78, 5) is 10.2. The molecule has 2 aromatic rings. The summed E-state index contributed by atoms with van der Waals surface area (Å²) >= 11 is 3.42. The molecule has 0 amide bonds. The fraction of sp³-hybridized carbons (Fsp3) is 0.182. The van der Waals surface area contributed by atoms with Gasteiger partial charge in [0.1, 0.15) is 0 Å². The highest BCUT2D eigenvalue weighted by Crippen LogP contribution is 2.29. The van der Waals surface area contributed by atoms with E-state index < -0.39 is 4.92 Å². The average Bonchev–Trinajstić information content (AvgIpc) is 2.70. The summed E-state index contributed by atoms with van der Waals surface area (Å²) < 4.78 is 2.72. The average molecular weight is 296 g/mol. The third-order valence-electron chi connectivity index (χ3n) is 2.45. The van der Waals surface area contributed by atoms with Crippen molar-refractivity contribution in [1.29, 1.82) is 0 Å².